The minimum atomic E-state index is -0.480. The number of benzene rings is 1. The molecule has 2 aliphatic carbocycles. The van der Waals surface area contributed by atoms with Gasteiger partial charge in [0, 0.05) is 23.2 Å². The minimum Gasteiger partial charge on any atom is -0.326 e. The quantitative estimate of drug-likeness (QED) is 0.730. The molecule has 1 heterocycles. The molecule has 3 atom stereocenters. The molecule has 1 saturated heterocycles. The van der Waals surface area contributed by atoms with Crippen molar-refractivity contribution in [2.24, 2.45) is 27.0 Å². The highest BCUT2D eigenvalue weighted by Crippen LogP contribution is 2.64. The Morgan fingerprint density at radius 3 is 2.59 bits per heavy atom. The number of amides is 2. The maximum atomic E-state index is 12.3. The number of anilines is 1. The first-order valence-corrected chi connectivity index (χ1v) is 11.1. The summed E-state index contributed by atoms with van der Waals surface area (Å²) in [7, 11) is 0. The van der Waals surface area contributed by atoms with Crippen LogP contribution >= 0.6 is 11.8 Å². The number of hydrogen-bond acceptors (Lipinski definition) is 5. The molecular weight excluding hydrogens is 384 g/mol. The third kappa shape index (κ3) is 3.61. The van der Waals surface area contributed by atoms with Crippen molar-refractivity contribution in [2.75, 3.05) is 5.32 Å². The highest BCUT2D eigenvalue weighted by molar-refractivity contribution is 8.15. The first kappa shape index (κ1) is 20.1. The molecule has 1 aromatic rings. The lowest BCUT2D eigenvalue weighted by molar-refractivity contribution is -0.122. The lowest BCUT2D eigenvalue weighted by Gasteiger charge is -2.34. The maximum absolute atomic E-state index is 12.3. The Morgan fingerprint density at radius 1 is 1.24 bits per heavy atom. The highest BCUT2D eigenvalue weighted by Gasteiger charge is 2.60. The van der Waals surface area contributed by atoms with Crippen molar-refractivity contribution in [3.05, 3.63) is 29.8 Å². The molecule has 1 aliphatic heterocycles. The summed E-state index contributed by atoms with van der Waals surface area (Å²) in [6.45, 7) is 8.94. The number of aryl methyl sites for hydroxylation is 1. The number of thioether (sulfide) groups is 1. The summed E-state index contributed by atoms with van der Waals surface area (Å²) in [4.78, 5) is 24.6. The SMILES string of the molecule is Cc1ccc(NC(=O)CC2S/C(=N\N=C3\CC4CCC3(C)C4(C)C)NC2=O)cc1. The number of nitrogens with one attached hydrogen (secondary N) is 2. The third-order valence-corrected chi connectivity index (χ3v) is 8.33. The molecule has 6 nitrogen and oxygen atoms in total. The summed E-state index contributed by atoms with van der Waals surface area (Å²) in [5.74, 6) is 0.291. The lowest BCUT2D eigenvalue weighted by Crippen LogP contribution is -2.32. The maximum Gasteiger partial charge on any atom is 0.240 e. The average molecular weight is 413 g/mol. The normalized spacial score (nSPS) is 32.8. The molecule has 3 unspecified atom stereocenters. The third-order valence-electron chi connectivity index (χ3n) is 7.26. The second-order valence-corrected chi connectivity index (χ2v) is 10.4. The molecular formula is C22H28N4O2S. The molecule has 1 aromatic carbocycles. The van der Waals surface area contributed by atoms with Gasteiger partial charge in [0.2, 0.25) is 11.8 Å². The second-order valence-electron chi connectivity index (χ2n) is 9.16. The fraction of sp³-hybridized carbons (Fsp3) is 0.545. The Balaban J connectivity index is 1.38. The van der Waals surface area contributed by atoms with Crippen molar-refractivity contribution in [1.82, 2.24) is 5.32 Å². The van der Waals surface area contributed by atoms with Crippen LogP contribution in [-0.2, 0) is 9.59 Å². The van der Waals surface area contributed by atoms with Crippen LogP contribution in [0.2, 0.25) is 0 Å². The van der Waals surface area contributed by atoms with Gasteiger partial charge in [-0.3, -0.25) is 9.59 Å². The van der Waals surface area contributed by atoms with Gasteiger partial charge in [-0.1, -0.05) is 50.2 Å². The minimum absolute atomic E-state index is 0.0856. The number of amidine groups is 1. The molecule has 0 radical (unpaired) electrons. The van der Waals surface area contributed by atoms with Crippen LogP contribution in [0.3, 0.4) is 0 Å². The van der Waals surface area contributed by atoms with E-state index in [1.807, 2.05) is 31.2 Å². The van der Waals surface area contributed by atoms with Crippen molar-refractivity contribution in [2.45, 2.75) is 58.6 Å². The zero-order chi connectivity index (χ0) is 20.8. The summed E-state index contributed by atoms with van der Waals surface area (Å²) >= 11 is 1.28. The van der Waals surface area contributed by atoms with E-state index in [2.05, 4.69) is 41.6 Å². The molecule has 0 spiro atoms. The first-order valence-electron chi connectivity index (χ1n) is 10.2. The molecule has 29 heavy (non-hydrogen) atoms. The van der Waals surface area contributed by atoms with Crippen molar-refractivity contribution in [3.63, 3.8) is 0 Å². The first-order chi connectivity index (χ1) is 13.7. The van der Waals surface area contributed by atoms with Crippen molar-refractivity contribution < 1.29 is 9.59 Å². The van der Waals surface area contributed by atoms with Gasteiger partial charge in [0.05, 0.1) is 0 Å². The van der Waals surface area contributed by atoms with Crippen molar-refractivity contribution in [1.29, 1.82) is 0 Å². The topological polar surface area (TPSA) is 82.9 Å². The van der Waals surface area contributed by atoms with Gasteiger partial charge in [-0.15, -0.1) is 5.10 Å². The van der Waals surface area contributed by atoms with Gasteiger partial charge in [-0.05, 0) is 49.7 Å². The molecule has 0 aromatic heterocycles. The van der Waals surface area contributed by atoms with Gasteiger partial charge in [0.1, 0.15) is 5.25 Å². The summed E-state index contributed by atoms with van der Waals surface area (Å²) < 4.78 is 0. The molecule has 154 valence electrons. The second kappa shape index (κ2) is 7.27. The Bertz CT molecular complexity index is 906. The summed E-state index contributed by atoms with van der Waals surface area (Å²) in [6, 6.07) is 7.59. The van der Waals surface area contributed by atoms with Crippen LogP contribution in [0.5, 0.6) is 0 Å². The van der Waals surface area contributed by atoms with Crippen LogP contribution in [0.4, 0.5) is 5.69 Å². The number of carbonyl (C=O) groups is 2. The summed E-state index contributed by atoms with van der Waals surface area (Å²) in [6.07, 6.45) is 3.49. The standard InChI is InChI=1S/C22H28N4O2S/c1-13-5-7-15(8-6-13)23-18(27)12-16-19(28)24-20(29-16)26-25-17-11-14-9-10-22(17,4)21(14,2)3/h5-8,14,16H,9-12H2,1-4H3,(H,23,27)(H,24,26,28)/b25-17-. The smallest absolute Gasteiger partial charge is 0.240 e. The van der Waals surface area contributed by atoms with E-state index >= 15 is 0 Å². The van der Waals surface area contributed by atoms with E-state index < -0.39 is 5.25 Å². The average Bonchev–Trinajstić information content (AvgIpc) is 3.18. The molecule has 2 N–H and O–H groups in total. The number of carbonyl (C=O) groups excluding carboxylic acids is 2. The lowest BCUT2D eigenvalue weighted by atomic mass is 9.70. The van der Waals surface area contributed by atoms with Crippen LogP contribution in [0.25, 0.3) is 0 Å². The highest BCUT2D eigenvalue weighted by atomic mass is 32.2. The van der Waals surface area contributed by atoms with E-state index in [1.165, 1.54) is 18.2 Å². The van der Waals surface area contributed by atoms with Gasteiger partial charge < -0.3 is 10.6 Å². The van der Waals surface area contributed by atoms with Crippen LogP contribution in [0, 0.1) is 23.7 Å². The van der Waals surface area contributed by atoms with E-state index in [0.717, 1.165) is 29.8 Å². The van der Waals surface area contributed by atoms with Gasteiger partial charge in [-0.25, -0.2) is 0 Å². The predicted octanol–water partition coefficient (Wildman–Crippen LogP) is 4.11. The van der Waals surface area contributed by atoms with Gasteiger partial charge in [0.25, 0.3) is 0 Å². The van der Waals surface area contributed by atoms with Crippen LogP contribution in [0.1, 0.15) is 52.0 Å². The monoisotopic (exact) mass is 412 g/mol. The molecule has 3 aliphatic rings. The van der Waals surface area contributed by atoms with E-state index in [0.29, 0.717) is 11.1 Å². The zero-order valence-corrected chi connectivity index (χ0v) is 18.2. The Kier molecular flexibility index (Phi) is 5.05. The summed E-state index contributed by atoms with van der Waals surface area (Å²) in [5.41, 5.74) is 3.33. The van der Waals surface area contributed by atoms with E-state index in [4.69, 9.17) is 0 Å². The van der Waals surface area contributed by atoms with E-state index in [9.17, 15) is 9.59 Å². The molecule has 3 fully saturated rings. The van der Waals surface area contributed by atoms with Crippen molar-refractivity contribution >= 4 is 40.1 Å². The number of fused-ring (bicyclic) bond motifs is 2. The molecule has 2 amide bonds. The largest absolute Gasteiger partial charge is 0.326 e. The van der Waals surface area contributed by atoms with E-state index in [-0.39, 0.29) is 29.1 Å². The molecule has 4 rings (SSSR count). The zero-order valence-electron chi connectivity index (χ0n) is 17.4. The molecule has 2 saturated carbocycles. The Morgan fingerprint density at radius 2 is 1.97 bits per heavy atom. The molecule has 2 bridgehead atoms. The number of rotatable bonds is 4. The van der Waals surface area contributed by atoms with Gasteiger partial charge >= 0.3 is 0 Å². The fourth-order valence-corrected chi connectivity index (χ4v) is 5.71. The number of hydrogen-bond donors (Lipinski definition) is 2. The van der Waals surface area contributed by atoms with Gasteiger partial charge in [-0.2, -0.15) is 5.10 Å². The number of nitrogens with zero attached hydrogens (tertiary/aromatic N) is 2. The van der Waals surface area contributed by atoms with Crippen molar-refractivity contribution in [3.8, 4) is 0 Å². The van der Waals surface area contributed by atoms with Crippen LogP contribution < -0.4 is 10.6 Å². The fourth-order valence-electron chi connectivity index (χ4n) is 4.79. The summed E-state index contributed by atoms with van der Waals surface area (Å²) in [5, 5.41) is 14.5. The Labute approximate surface area is 176 Å². The van der Waals surface area contributed by atoms with Crippen LogP contribution in [0.15, 0.2) is 34.5 Å². The Hall–Kier alpha value is -2.15. The van der Waals surface area contributed by atoms with Gasteiger partial charge in [0.15, 0.2) is 5.17 Å². The predicted molar refractivity (Wildman–Crippen MR) is 118 cm³/mol. The molecule has 7 heteroatoms. The van der Waals surface area contributed by atoms with E-state index in [1.54, 1.807) is 0 Å². The van der Waals surface area contributed by atoms with Crippen LogP contribution in [-0.4, -0.2) is 27.9 Å².